The summed E-state index contributed by atoms with van der Waals surface area (Å²) in [5.74, 6) is 0.323. The van der Waals surface area contributed by atoms with Crippen LogP contribution in [0.3, 0.4) is 0 Å². The Kier molecular flexibility index (Phi) is 8.28. The molecular formula is C36H36N6O5. The summed E-state index contributed by atoms with van der Waals surface area (Å²) in [6, 6.07) is 22.2. The smallest absolute Gasteiger partial charge is 0.264 e. The van der Waals surface area contributed by atoms with E-state index in [4.69, 9.17) is 14.6 Å². The summed E-state index contributed by atoms with van der Waals surface area (Å²) in [4.78, 5) is 42.0. The first-order chi connectivity index (χ1) is 23.0. The summed E-state index contributed by atoms with van der Waals surface area (Å²) in [6.07, 6.45) is 4.81. The van der Waals surface area contributed by atoms with Crippen LogP contribution in [0.4, 0.5) is 5.69 Å². The molecular weight excluding hydrogens is 596 g/mol. The number of hydrogen-bond acceptors (Lipinski definition) is 9. The van der Waals surface area contributed by atoms with Gasteiger partial charge in [0.1, 0.15) is 18.0 Å². The van der Waals surface area contributed by atoms with Gasteiger partial charge in [0.25, 0.3) is 17.7 Å². The fourth-order valence-electron chi connectivity index (χ4n) is 6.89. The van der Waals surface area contributed by atoms with Gasteiger partial charge in [-0.1, -0.05) is 47.7 Å². The number of ether oxygens (including phenoxy) is 2. The van der Waals surface area contributed by atoms with Crippen LogP contribution in [0.1, 0.15) is 50.3 Å². The molecule has 0 N–H and O–H groups in total. The number of amides is 3. The highest BCUT2D eigenvalue weighted by Crippen LogP contribution is 2.45. The van der Waals surface area contributed by atoms with Crippen LogP contribution in [-0.4, -0.2) is 65.3 Å². The third-order valence-electron chi connectivity index (χ3n) is 8.99. The largest absolute Gasteiger partial charge is 0.494 e. The number of carbonyl (C=O) groups excluding carboxylic acids is 3. The van der Waals surface area contributed by atoms with Gasteiger partial charge in [-0.05, 0) is 92.3 Å². The zero-order valence-corrected chi connectivity index (χ0v) is 26.4. The molecule has 1 aliphatic carbocycles. The average Bonchev–Trinajstić information content (AvgIpc) is 3.76. The Morgan fingerprint density at radius 3 is 2.23 bits per heavy atom. The molecule has 0 unspecified atom stereocenters. The van der Waals surface area contributed by atoms with E-state index in [1.807, 2.05) is 68.4 Å². The second-order valence-electron chi connectivity index (χ2n) is 11.9. The van der Waals surface area contributed by atoms with Gasteiger partial charge >= 0.3 is 0 Å². The lowest BCUT2D eigenvalue weighted by atomic mass is 9.77. The first kappa shape index (κ1) is 30.3. The highest BCUT2D eigenvalue weighted by molar-refractivity contribution is 6.25. The molecule has 3 aliphatic heterocycles. The van der Waals surface area contributed by atoms with E-state index in [1.165, 1.54) is 5.01 Å². The Morgan fingerprint density at radius 1 is 0.872 bits per heavy atom. The quantitative estimate of drug-likeness (QED) is 0.284. The van der Waals surface area contributed by atoms with Gasteiger partial charge in [0.05, 0.1) is 30.7 Å². The van der Waals surface area contributed by atoms with Crippen molar-refractivity contribution in [3.63, 3.8) is 0 Å². The number of carbonyl (C=O) groups is 3. The van der Waals surface area contributed by atoms with Crippen molar-refractivity contribution >= 4 is 35.2 Å². The molecule has 3 amide bonds. The van der Waals surface area contributed by atoms with E-state index in [0.717, 1.165) is 58.1 Å². The molecule has 0 spiro atoms. The van der Waals surface area contributed by atoms with E-state index in [-0.39, 0.29) is 24.4 Å². The van der Waals surface area contributed by atoms with Crippen LogP contribution in [0.15, 0.2) is 99.9 Å². The molecule has 0 radical (unpaired) electrons. The van der Waals surface area contributed by atoms with Crippen molar-refractivity contribution in [2.24, 2.45) is 21.4 Å². The molecule has 4 aliphatic rings. The van der Waals surface area contributed by atoms with Crippen LogP contribution in [-0.2, 0) is 14.4 Å². The number of nitrogens with zero attached hydrogens (tertiary/aromatic N) is 6. The molecule has 3 aromatic rings. The van der Waals surface area contributed by atoms with Crippen LogP contribution in [0.25, 0.3) is 6.08 Å². The molecule has 240 valence electrons. The van der Waals surface area contributed by atoms with Gasteiger partial charge in [0.15, 0.2) is 12.1 Å². The summed E-state index contributed by atoms with van der Waals surface area (Å²) >= 11 is 0. The molecule has 2 fully saturated rings. The van der Waals surface area contributed by atoms with Crippen LogP contribution in [0.5, 0.6) is 11.5 Å². The van der Waals surface area contributed by atoms with Crippen molar-refractivity contribution < 1.29 is 23.9 Å². The minimum absolute atomic E-state index is 0.0178. The predicted molar refractivity (Wildman–Crippen MR) is 176 cm³/mol. The second-order valence-corrected chi connectivity index (χ2v) is 11.9. The van der Waals surface area contributed by atoms with Crippen molar-refractivity contribution in [3.8, 4) is 11.5 Å². The molecule has 0 aromatic heterocycles. The van der Waals surface area contributed by atoms with E-state index >= 15 is 0 Å². The Balaban J connectivity index is 1.18. The number of allylic oxidation sites excluding steroid dienone is 1. The molecule has 47 heavy (non-hydrogen) atoms. The zero-order chi connectivity index (χ0) is 32.5. The molecule has 1 saturated carbocycles. The molecule has 0 bridgehead atoms. The van der Waals surface area contributed by atoms with E-state index in [0.29, 0.717) is 18.9 Å². The standard InChI is InChI=1S/C36H36N6O5/c1-3-46-27-17-13-23(14-18-27)21-25-9-8-12-29-31(25)38-42(33(29)24-15-19-28(20-16-24)47-4-2)30(43)22-40-34-32(37-39-40)35(44)41(36(34)45)26-10-6-5-7-11-26/h5-7,10-11,13-21,29,32-34H,3-4,8-9,12,22H2,1-2H3/b25-21+/t29-,32+,33+,34+/m1/s1. The van der Waals surface area contributed by atoms with Crippen molar-refractivity contribution in [2.75, 3.05) is 24.7 Å². The monoisotopic (exact) mass is 632 g/mol. The minimum Gasteiger partial charge on any atom is -0.494 e. The first-order valence-corrected chi connectivity index (χ1v) is 16.1. The van der Waals surface area contributed by atoms with Crippen molar-refractivity contribution in [1.29, 1.82) is 0 Å². The second kappa shape index (κ2) is 12.8. The molecule has 11 nitrogen and oxygen atoms in total. The Hall–Kier alpha value is -5.32. The van der Waals surface area contributed by atoms with Crippen LogP contribution >= 0.6 is 0 Å². The summed E-state index contributed by atoms with van der Waals surface area (Å²) in [5.41, 5.74) is 4.42. The maximum absolute atomic E-state index is 14.2. The lowest BCUT2D eigenvalue weighted by molar-refractivity contribution is -0.136. The normalized spacial score (nSPS) is 24.1. The first-order valence-electron chi connectivity index (χ1n) is 16.1. The SMILES string of the molecule is CCOc1ccc(/C=C2\CCC[C@@H]3C2=NN(C(=O)CN2N=N[C@@H]4C(=O)N(c5ccccc5)C(=O)[C@H]42)[C@H]3c2ccc(OCC)cc2)cc1. The number of imide groups is 1. The number of anilines is 1. The van der Waals surface area contributed by atoms with Crippen molar-refractivity contribution in [1.82, 2.24) is 10.0 Å². The zero-order valence-electron chi connectivity index (χ0n) is 26.4. The van der Waals surface area contributed by atoms with Crippen LogP contribution in [0.2, 0.25) is 0 Å². The van der Waals surface area contributed by atoms with Crippen LogP contribution < -0.4 is 14.4 Å². The predicted octanol–water partition coefficient (Wildman–Crippen LogP) is 5.60. The average molecular weight is 633 g/mol. The van der Waals surface area contributed by atoms with Crippen molar-refractivity contribution in [3.05, 3.63) is 95.6 Å². The summed E-state index contributed by atoms with van der Waals surface area (Å²) < 4.78 is 11.3. The fraction of sp³-hybridized carbons (Fsp3) is 0.333. The van der Waals surface area contributed by atoms with E-state index < -0.39 is 23.9 Å². The molecule has 7 rings (SSSR count). The third kappa shape index (κ3) is 5.66. The third-order valence-corrected chi connectivity index (χ3v) is 8.99. The van der Waals surface area contributed by atoms with Gasteiger partial charge in [-0.25, -0.2) is 9.91 Å². The lowest BCUT2D eigenvalue weighted by Crippen LogP contribution is -2.45. The highest BCUT2D eigenvalue weighted by Gasteiger charge is 2.55. The van der Waals surface area contributed by atoms with Gasteiger partial charge in [-0.3, -0.25) is 19.4 Å². The molecule has 3 heterocycles. The minimum atomic E-state index is -0.992. The van der Waals surface area contributed by atoms with Gasteiger partial charge in [-0.15, -0.1) is 0 Å². The van der Waals surface area contributed by atoms with E-state index in [2.05, 4.69) is 16.4 Å². The molecule has 4 atom stereocenters. The molecule has 11 heteroatoms. The fourth-order valence-corrected chi connectivity index (χ4v) is 6.89. The number of benzene rings is 3. The van der Waals surface area contributed by atoms with Crippen molar-refractivity contribution in [2.45, 2.75) is 51.2 Å². The highest BCUT2D eigenvalue weighted by atomic mass is 16.5. The number of fused-ring (bicyclic) bond motifs is 2. The number of para-hydroxylation sites is 1. The van der Waals surface area contributed by atoms with Gasteiger partial charge < -0.3 is 9.47 Å². The van der Waals surface area contributed by atoms with E-state index in [1.54, 1.807) is 29.3 Å². The number of hydrazone groups is 1. The summed E-state index contributed by atoms with van der Waals surface area (Å²) in [7, 11) is 0. The number of hydrogen-bond donors (Lipinski definition) is 0. The van der Waals surface area contributed by atoms with Crippen LogP contribution in [0, 0.1) is 5.92 Å². The maximum Gasteiger partial charge on any atom is 0.264 e. The molecule has 1 saturated heterocycles. The van der Waals surface area contributed by atoms with E-state index in [9.17, 15) is 14.4 Å². The number of rotatable bonds is 9. The Labute approximate surface area is 273 Å². The van der Waals surface area contributed by atoms with Gasteiger partial charge in [-0.2, -0.15) is 10.2 Å². The Morgan fingerprint density at radius 2 is 1.55 bits per heavy atom. The lowest BCUT2D eigenvalue weighted by Gasteiger charge is -2.30. The Bertz CT molecular complexity index is 1750. The molecule has 3 aromatic carbocycles. The summed E-state index contributed by atoms with van der Waals surface area (Å²) in [5, 5.41) is 16.1. The van der Waals surface area contributed by atoms with Gasteiger partial charge in [0, 0.05) is 5.92 Å². The van der Waals surface area contributed by atoms with Gasteiger partial charge in [0.2, 0.25) is 0 Å². The maximum atomic E-state index is 14.2. The summed E-state index contributed by atoms with van der Waals surface area (Å²) in [6.45, 7) is 4.80. The topological polar surface area (TPSA) is 116 Å².